The van der Waals surface area contributed by atoms with Gasteiger partial charge in [0.05, 0.1) is 6.10 Å². The van der Waals surface area contributed by atoms with Crippen LogP contribution in [0.3, 0.4) is 0 Å². The van der Waals surface area contributed by atoms with Crippen molar-refractivity contribution in [2.24, 2.45) is 0 Å². The number of carbonyl (C=O) groups excluding carboxylic acids is 2. The summed E-state index contributed by atoms with van der Waals surface area (Å²) < 4.78 is 4.82. The summed E-state index contributed by atoms with van der Waals surface area (Å²) in [6, 6.07) is -0.398. The molecule has 3 amide bonds. The molecule has 0 aliphatic carbocycles. The zero-order valence-corrected chi connectivity index (χ0v) is 8.70. The van der Waals surface area contributed by atoms with E-state index in [0.717, 1.165) is 4.90 Å². The third-order valence-electron chi connectivity index (χ3n) is 1.28. The SMILES string of the molecule is CC(C)OC(=O)N(C)C(=O)N(C)C. The number of amides is 3. The van der Waals surface area contributed by atoms with Crippen LogP contribution in [0.4, 0.5) is 9.59 Å². The van der Waals surface area contributed by atoms with Gasteiger partial charge in [-0.15, -0.1) is 0 Å². The molecular weight excluding hydrogens is 172 g/mol. The lowest BCUT2D eigenvalue weighted by atomic mass is 10.5. The summed E-state index contributed by atoms with van der Waals surface area (Å²) in [4.78, 5) is 24.6. The largest absolute Gasteiger partial charge is 0.446 e. The molecule has 0 spiro atoms. The highest BCUT2D eigenvalue weighted by Gasteiger charge is 2.20. The molecule has 0 aromatic heterocycles. The zero-order valence-electron chi connectivity index (χ0n) is 8.70. The van der Waals surface area contributed by atoms with Crippen molar-refractivity contribution in [3.8, 4) is 0 Å². The van der Waals surface area contributed by atoms with Crippen LogP contribution in [-0.4, -0.2) is 49.2 Å². The standard InChI is InChI=1S/C8H16N2O3/c1-6(2)13-8(12)10(5)7(11)9(3)4/h6H,1-5H3. The van der Waals surface area contributed by atoms with Gasteiger partial charge in [0.25, 0.3) is 0 Å². The van der Waals surface area contributed by atoms with Crippen LogP contribution in [-0.2, 0) is 4.74 Å². The first-order valence-electron chi connectivity index (χ1n) is 4.02. The fourth-order valence-electron chi connectivity index (χ4n) is 0.659. The lowest BCUT2D eigenvalue weighted by molar-refractivity contribution is 0.0863. The van der Waals surface area contributed by atoms with Gasteiger partial charge in [0.15, 0.2) is 0 Å². The van der Waals surface area contributed by atoms with Crippen molar-refractivity contribution in [2.75, 3.05) is 21.1 Å². The average Bonchev–Trinajstić information content (AvgIpc) is 2.00. The molecule has 0 unspecified atom stereocenters. The highest BCUT2D eigenvalue weighted by Crippen LogP contribution is 1.98. The first-order chi connectivity index (χ1) is 5.86. The van der Waals surface area contributed by atoms with Gasteiger partial charge in [-0.05, 0) is 13.8 Å². The number of rotatable bonds is 1. The Bertz CT molecular complexity index is 202. The van der Waals surface area contributed by atoms with Gasteiger partial charge >= 0.3 is 12.1 Å². The first kappa shape index (κ1) is 11.7. The molecule has 0 aliphatic heterocycles. The summed E-state index contributed by atoms with van der Waals surface area (Å²) in [7, 11) is 4.52. The van der Waals surface area contributed by atoms with Crippen LogP contribution in [0.25, 0.3) is 0 Å². The van der Waals surface area contributed by atoms with Gasteiger partial charge < -0.3 is 9.64 Å². The van der Waals surface area contributed by atoms with Crippen LogP contribution in [0.2, 0.25) is 0 Å². The molecule has 0 N–H and O–H groups in total. The molecule has 13 heavy (non-hydrogen) atoms. The molecule has 0 saturated heterocycles. The summed E-state index contributed by atoms with van der Waals surface area (Å²) >= 11 is 0. The van der Waals surface area contributed by atoms with Crippen molar-refractivity contribution < 1.29 is 14.3 Å². The molecule has 0 fully saturated rings. The normalized spacial score (nSPS) is 9.69. The summed E-state index contributed by atoms with van der Waals surface area (Å²) in [6.45, 7) is 3.46. The Hall–Kier alpha value is -1.26. The van der Waals surface area contributed by atoms with Crippen LogP contribution in [0.1, 0.15) is 13.8 Å². The minimum absolute atomic E-state index is 0.218. The molecule has 5 nitrogen and oxygen atoms in total. The summed E-state index contributed by atoms with van der Waals surface area (Å²) in [6.07, 6.45) is -0.849. The van der Waals surface area contributed by atoms with Crippen molar-refractivity contribution in [1.29, 1.82) is 0 Å². The minimum atomic E-state index is -0.631. The molecule has 0 atom stereocenters. The Labute approximate surface area is 78.3 Å². The van der Waals surface area contributed by atoms with Gasteiger partial charge in [-0.25, -0.2) is 14.5 Å². The van der Waals surface area contributed by atoms with E-state index in [1.807, 2.05) is 0 Å². The fraction of sp³-hybridized carbons (Fsp3) is 0.750. The van der Waals surface area contributed by atoms with Gasteiger partial charge in [0, 0.05) is 21.1 Å². The van der Waals surface area contributed by atoms with Gasteiger partial charge in [0.2, 0.25) is 0 Å². The van der Waals surface area contributed by atoms with Crippen molar-refractivity contribution in [1.82, 2.24) is 9.80 Å². The maximum Gasteiger partial charge on any atom is 0.417 e. The van der Waals surface area contributed by atoms with Crippen LogP contribution in [0.15, 0.2) is 0 Å². The van der Waals surface area contributed by atoms with Crippen LogP contribution >= 0.6 is 0 Å². The van der Waals surface area contributed by atoms with Gasteiger partial charge in [-0.1, -0.05) is 0 Å². The summed E-state index contributed by atoms with van der Waals surface area (Å²) in [5.41, 5.74) is 0. The second-order valence-corrected chi connectivity index (χ2v) is 3.17. The highest BCUT2D eigenvalue weighted by atomic mass is 16.6. The van der Waals surface area contributed by atoms with Crippen LogP contribution in [0.5, 0.6) is 0 Å². The minimum Gasteiger partial charge on any atom is -0.446 e. The van der Waals surface area contributed by atoms with Crippen molar-refractivity contribution in [3.05, 3.63) is 0 Å². The maximum absolute atomic E-state index is 11.2. The van der Waals surface area contributed by atoms with Gasteiger partial charge in [-0.3, -0.25) is 0 Å². The predicted octanol–water partition coefficient (Wildman–Crippen LogP) is 1.14. The third kappa shape index (κ3) is 3.78. The molecule has 0 aromatic carbocycles. The van der Waals surface area contributed by atoms with E-state index in [9.17, 15) is 9.59 Å². The predicted molar refractivity (Wildman–Crippen MR) is 48.5 cm³/mol. The number of nitrogens with zero attached hydrogens (tertiary/aromatic N) is 2. The molecule has 76 valence electrons. The summed E-state index contributed by atoms with van der Waals surface area (Å²) in [5, 5.41) is 0. The average molecular weight is 188 g/mol. The van der Waals surface area contributed by atoms with E-state index < -0.39 is 12.1 Å². The topological polar surface area (TPSA) is 49.9 Å². The molecule has 0 radical (unpaired) electrons. The molecule has 0 bridgehead atoms. The number of urea groups is 1. The van der Waals surface area contributed by atoms with Crippen molar-refractivity contribution >= 4 is 12.1 Å². The Balaban J connectivity index is 4.18. The molecular formula is C8H16N2O3. The van der Waals surface area contributed by atoms with E-state index >= 15 is 0 Å². The monoisotopic (exact) mass is 188 g/mol. The first-order valence-corrected chi connectivity index (χ1v) is 4.02. The lowest BCUT2D eigenvalue weighted by Crippen LogP contribution is -2.41. The lowest BCUT2D eigenvalue weighted by Gasteiger charge is -2.20. The second-order valence-electron chi connectivity index (χ2n) is 3.17. The van der Waals surface area contributed by atoms with E-state index in [4.69, 9.17) is 4.74 Å². The van der Waals surface area contributed by atoms with Crippen LogP contribution in [0, 0.1) is 0 Å². The van der Waals surface area contributed by atoms with E-state index in [0.29, 0.717) is 0 Å². The molecule has 0 rings (SSSR count). The number of imide groups is 1. The fourth-order valence-corrected chi connectivity index (χ4v) is 0.659. The van der Waals surface area contributed by atoms with Crippen molar-refractivity contribution in [2.45, 2.75) is 20.0 Å². The molecule has 0 saturated carbocycles. The number of carbonyl (C=O) groups is 2. The summed E-state index contributed by atoms with van der Waals surface area (Å²) in [5.74, 6) is 0. The quantitative estimate of drug-likeness (QED) is 0.620. The molecule has 5 heteroatoms. The van der Waals surface area contributed by atoms with Gasteiger partial charge in [-0.2, -0.15) is 0 Å². The van der Waals surface area contributed by atoms with E-state index in [1.54, 1.807) is 27.9 Å². The van der Waals surface area contributed by atoms with Crippen molar-refractivity contribution in [3.63, 3.8) is 0 Å². The Morgan fingerprint density at radius 1 is 1.15 bits per heavy atom. The number of hydrogen-bond acceptors (Lipinski definition) is 3. The highest BCUT2D eigenvalue weighted by molar-refractivity contribution is 5.90. The van der Waals surface area contributed by atoms with E-state index in [-0.39, 0.29) is 6.10 Å². The Kier molecular flexibility index (Phi) is 4.23. The maximum atomic E-state index is 11.2. The molecule has 0 aliphatic rings. The Morgan fingerprint density at radius 3 is 1.92 bits per heavy atom. The van der Waals surface area contributed by atoms with Gasteiger partial charge in [0.1, 0.15) is 0 Å². The number of hydrogen-bond donors (Lipinski definition) is 0. The number of ether oxygens (including phenoxy) is 1. The van der Waals surface area contributed by atoms with Crippen LogP contribution < -0.4 is 0 Å². The Morgan fingerprint density at radius 2 is 1.62 bits per heavy atom. The molecule has 0 heterocycles. The molecule has 0 aromatic rings. The van der Waals surface area contributed by atoms with E-state index in [1.165, 1.54) is 11.9 Å². The van der Waals surface area contributed by atoms with E-state index in [2.05, 4.69) is 0 Å². The zero-order chi connectivity index (χ0) is 10.6. The second kappa shape index (κ2) is 4.69. The smallest absolute Gasteiger partial charge is 0.417 e. The third-order valence-corrected chi connectivity index (χ3v) is 1.28.